The van der Waals surface area contributed by atoms with Crippen molar-refractivity contribution in [3.63, 3.8) is 0 Å². The first-order valence-corrected chi connectivity index (χ1v) is 10.2. The summed E-state index contributed by atoms with van der Waals surface area (Å²) in [6.07, 6.45) is 6.93. The summed E-state index contributed by atoms with van der Waals surface area (Å²) < 4.78 is 0. The van der Waals surface area contributed by atoms with Gasteiger partial charge in [-0.3, -0.25) is 9.59 Å². The van der Waals surface area contributed by atoms with Crippen LogP contribution in [0.2, 0.25) is 0 Å². The normalized spacial score (nSPS) is 52.2. The molecule has 4 fully saturated rings. The van der Waals surface area contributed by atoms with E-state index in [1.165, 1.54) is 0 Å². The predicted octanol–water partition coefficient (Wildman–Crippen LogP) is 2.75. The fourth-order valence-electron chi connectivity index (χ4n) is 7.69. The topological polar surface area (TPSA) is 74.6 Å². The Bertz CT molecular complexity index is 586. The number of Topliss-reactive ketones (excluding diaryl/α,β-unsaturated/α-hetero) is 2. The number of fused-ring (bicyclic) bond motifs is 5. The Morgan fingerprint density at radius 2 is 1.88 bits per heavy atom. The highest BCUT2D eigenvalue weighted by molar-refractivity contribution is 5.88. The maximum absolute atomic E-state index is 13.3. The molecule has 4 nitrogen and oxygen atoms in total. The first-order chi connectivity index (χ1) is 11.8. The molecular formula is C21H32O4. The number of rotatable bonds is 2. The van der Waals surface area contributed by atoms with Crippen molar-refractivity contribution < 1.29 is 19.8 Å². The second-order valence-electron chi connectivity index (χ2n) is 9.86. The Balaban J connectivity index is 1.66. The van der Waals surface area contributed by atoms with Crippen molar-refractivity contribution in [2.75, 3.05) is 6.61 Å². The maximum atomic E-state index is 13.3. The van der Waals surface area contributed by atoms with E-state index in [2.05, 4.69) is 13.8 Å². The van der Waals surface area contributed by atoms with Crippen molar-refractivity contribution >= 4 is 11.6 Å². The van der Waals surface area contributed by atoms with Crippen LogP contribution < -0.4 is 0 Å². The van der Waals surface area contributed by atoms with Crippen LogP contribution in [0, 0.1) is 40.4 Å². The SMILES string of the molecule is CC12CC(=O)C3C(CC[C@H]4CC(O)CCC34C)C1CCC2C(=O)CO. The lowest BCUT2D eigenvalue weighted by Crippen LogP contribution is -2.58. The molecule has 0 aliphatic heterocycles. The highest BCUT2D eigenvalue weighted by Crippen LogP contribution is 2.66. The molecule has 0 aromatic rings. The molecule has 0 spiro atoms. The van der Waals surface area contributed by atoms with Crippen molar-refractivity contribution in [1.82, 2.24) is 0 Å². The highest BCUT2D eigenvalue weighted by atomic mass is 16.3. The van der Waals surface area contributed by atoms with Gasteiger partial charge < -0.3 is 10.2 Å². The standard InChI is InChI=1S/C21H32O4/c1-20-8-7-13(23)9-12(20)3-4-14-15-5-6-16(18(25)11-22)21(15,2)10-17(24)19(14)20/h12-16,19,22-23H,3-11H2,1-2H3/t12-,13?,14?,15?,16?,19?,20?,21?/m0/s1. The third-order valence-corrected chi connectivity index (χ3v) is 8.87. The summed E-state index contributed by atoms with van der Waals surface area (Å²) in [4.78, 5) is 25.6. The first-order valence-electron chi connectivity index (χ1n) is 10.2. The van der Waals surface area contributed by atoms with Gasteiger partial charge in [-0.2, -0.15) is 0 Å². The Morgan fingerprint density at radius 1 is 1.12 bits per heavy atom. The van der Waals surface area contributed by atoms with Crippen LogP contribution >= 0.6 is 0 Å². The van der Waals surface area contributed by atoms with Gasteiger partial charge in [0.15, 0.2) is 5.78 Å². The molecule has 4 heteroatoms. The average Bonchev–Trinajstić information content (AvgIpc) is 2.91. The van der Waals surface area contributed by atoms with E-state index < -0.39 is 6.61 Å². The minimum Gasteiger partial charge on any atom is -0.393 e. The predicted molar refractivity (Wildman–Crippen MR) is 93.7 cm³/mol. The van der Waals surface area contributed by atoms with Crippen molar-refractivity contribution in [1.29, 1.82) is 0 Å². The van der Waals surface area contributed by atoms with Crippen LogP contribution in [-0.2, 0) is 9.59 Å². The van der Waals surface area contributed by atoms with E-state index in [9.17, 15) is 19.8 Å². The molecule has 140 valence electrons. The van der Waals surface area contributed by atoms with Crippen molar-refractivity contribution in [3.05, 3.63) is 0 Å². The number of aliphatic hydroxyl groups is 2. The smallest absolute Gasteiger partial charge is 0.161 e. The summed E-state index contributed by atoms with van der Waals surface area (Å²) in [6, 6.07) is 0. The van der Waals surface area contributed by atoms with E-state index in [1.807, 2.05) is 0 Å². The van der Waals surface area contributed by atoms with E-state index in [0.29, 0.717) is 30.0 Å². The van der Waals surface area contributed by atoms with Gasteiger partial charge in [0, 0.05) is 18.3 Å². The highest BCUT2D eigenvalue weighted by Gasteiger charge is 2.63. The van der Waals surface area contributed by atoms with E-state index in [4.69, 9.17) is 0 Å². The molecule has 0 radical (unpaired) electrons. The zero-order valence-electron chi connectivity index (χ0n) is 15.5. The summed E-state index contributed by atoms with van der Waals surface area (Å²) in [5.74, 6) is 1.52. The van der Waals surface area contributed by atoms with Crippen LogP contribution in [-0.4, -0.2) is 34.5 Å². The zero-order chi connectivity index (χ0) is 18.0. The molecule has 0 amide bonds. The lowest BCUT2D eigenvalue weighted by atomic mass is 9.44. The maximum Gasteiger partial charge on any atom is 0.161 e. The third kappa shape index (κ3) is 2.39. The molecule has 7 unspecified atom stereocenters. The molecule has 4 saturated carbocycles. The van der Waals surface area contributed by atoms with E-state index in [0.717, 1.165) is 44.9 Å². The summed E-state index contributed by atoms with van der Waals surface area (Å²) in [7, 11) is 0. The molecule has 0 heterocycles. The zero-order valence-corrected chi connectivity index (χ0v) is 15.5. The Labute approximate surface area is 150 Å². The minimum absolute atomic E-state index is 0.0274. The van der Waals surface area contributed by atoms with Gasteiger partial charge in [-0.15, -0.1) is 0 Å². The van der Waals surface area contributed by atoms with Gasteiger partial charge in [0.2, 0.25) is 0 Å². The van der Waals surface area contributed by atoms with Gasteiger partial charge in [0.25, 0.3) is 0 Å². The van der Waals surface area contributed by atoms with Crippen molar-refractivity contribution in [2.45, 2.75) is 71.3 Å². The van der Waals surface area contributed by atoms with Crippen molar-refractivity contribution in [2.24, 2.45) is 40.4 Å². The second-order valence-corrected chi connectivity index (χ2v) is 9.86. The molecule has 25 heavy (non-hydrogen) atoms. The van der Waals surface area contributed by atoms with Gasteiger partial charge in [0.1, 0.15) is 12.4 Å². The van der Waals surface area contributed by atoms with Gasteiger partial charge in [-0.25, -0.2) is 0 Å². The number of ketones is 2. The van der Waals surface area contributed by atoms with E-state index in [-0.39, 0.29) is 34.6 Å². The van der Waals surface area contributed by atoms with Gasteiger partial charge in [0.05, 0.1) is 6.10 Å². The number of aliphatic hydroxyl groups excluding tert-OH is 2. The molecule has 0 aromatic carbocycles. The molecule has 2 N–H and O–H groups in total. The van der Waals surface area contributed by atoms with Crippen LogP contribution in [0.25, 0.3) is 0 Å². The Morgan fingerprint density at radius 3 is 2.60 bits per heavy atom. The molecule has 0 saturated heterocycles. The van der Waals surface area contributed by atoms with Crippen molar-refractivity contribution in [3.8, 4) is 0 Å². The van der Waals surface area contributed by atoms with Crippen LogP contribution in [0.3, 0.4) is 0 Å². The van der Waals surface area contributed by atoms with Crippen LogP contribution in [0.5, 0.6) is 0 Å². The van der Waals surface area contributed by atoms with Gasteiger partial charge >= 0.3 is 0 Å². The molecule has 0 bridgehead atoms. The summed E-state index contributed by atoms with van der Waals surface area (Å²) >= 11 is 0. The number of hydrogen-bond acceptors (Lipinski definition) is 4. The lowest BCUT2D eigenvalue weighted by Gasteiger charge is -2.59. The third-order valence-electron chi connectivity index (χ3n) is 8.87. The lowest BCUT2D eigenvalue weighted by molar-refractivity contribution is -0.162. The monoisotopic (exact) mass is 348 g/mol. The van der Waals surface area contributed by atoms with Gasteiger partial charge in [-0.1, -0.05) is 13.8 Å². The van der Waals surface area contributed by atoms with E-state index >= 15 is 0 Å². The molecule has 0 aromatic heterocycles. The Kier molecular flexibility index (Phi) is 4.16. The number of hydrogen-bond donors (Lipinski definition) is 2. The molecule has 4 rings (SSSR count). The molecular weight excluding hydrogens is 316 g/mol. The average molecular weight is 348 g/mol. The second kappa shape index (κ2) is 5.88. The fraction of sp³-hybridized carbons (Fsp3) is 0.905. The minimum atomic E-state index is -0.396. The molecule has 4 aliphatic rings. The van der Waals surface area contributed by atoms with Crippen LogP contribution in [0.15, 0.2) is 0 Å². The summed E-state index contributed by atoms with van der Waals surface area (Å²) in [5.41, 5.74) is -0.227. The van der Waals surface area contributed by atoms with Crippen LogP contribution in [0.4, 0.5) is 0 Å². The summed E-state index contributed by atoms with van der Waals surface area (Å²) in [6.45, 7) is 4.04. The first kappa shape index (κ1) is 17.7. The quantitative estimate of drug-likeness (QED) is 0.805. The number of carbonyl (C=O) groups excluding carboxylic acids is 2. The van der Waals surface area contributed by atoms with Gasteiger partial charge in [-0.05, 0) is 73.5 Å². The summed E-state index contributed by atoms with van der Waals surface area (Å²) in [5, 5.41) is 19.5. The molecule has 8 atom stereocenters. The molecule has 4 aliphatic carbocycles. The fourth-order valence-corrected chi connectivity index (χ4v) is 7.69. The van der Waals surface area contributed by atoms with Crippen LogP contribution in [0.1, 0.15) is 65.2 Å². The van der Waals surface area contributed by atoms with E-state index in [1.54, 1.807) is 0 Å². The number of carbonyl (C=O) groups is 2. The Hall–Kier alpha value is -0.740. The largest absolute Gasteiger partial charge is 0.393 e.